The Morgan fingerprint density at radius 1 is 0.243 bits per heavy atom. The Kier molecular flexibility index (Phi) is 10.2. The molecule has 0 radical (unpaired) electrons. The molecule has 0 bridgehead atoms. The first-order chi connectivity index (χ1) is 34.7. The number of anilines is 3. The van der Waals surface area contributed by atoms with Crippen LogP contribution in [0.1, 0.15) is 0 Å². The molecule has 0 atom stereocenters. The van der Waals surface area contributed by atoms with E-state index in [4.69, 9.17) is 0 Å². The molecule has 0 saturated carbocycles. The van der Waals surface area contributed by atoms with Gasteiger partial charge in [-0.1, -0.05) is 194 Å². The lowest BCUT2D eigenvalue weighted by atomic mass is 9.93. The van der Waals surface area contributed by atoms with Crippen LogP contribution in [-0.2, 0) is 0 Å². The Labute approximate surface area is 408 Å². The summed E-state index contributed by atoms with van der Waals surface area (Å²) >= 11 is 0. The summed E-state index contributed by atoms with van der Waals surface area (Å²) in [5.41, 5.74) is 18.7. The number of rotatable bonds is 9. The van der Waals surface area contributed by atoms with Crippen LogP contribution in [0.15, 0.2) is 279 Å². The van der Waals surface area contributed by atoms with Gasteiger partial charge >= 0.3 is 0 Å². The zero-order valence-electron chi connectivity index (χ0n) is 38.5. The van der Waals surface area contributed by atoms with E-state index < -0.39 is 0 Å². The Bertz CT molecular complexity index is 3960. The Morgan fingerprint density at radius 2 is 0.729 bits per heavy atom. The van der Waals surface area contributed by atoms with Crippen molar-refractivity contribution < 1.29 is 0 Å². The van der Waals surface area contributed by atoms with Crippen molar-refractivity contribution in [2.75, 3.05) is 4.90 Å². The van der Waals surface area contributed by atoms with Crippen molar-refractivity contribution >= 4 is 60.4 Å². The minimum Gasteiger partial charge on any atom is -0.310 e. The van der Waals surface area contributed by atoms with Gasteiger partial charge in [-0.3, -0.25) is 0 Å². The molecule has 2 heteroatoms. The lowest BCUT2D eigenvalue weighted by Crippen LogP contribution is -2.10. The van der Waals surface area contributed by atoms with Gasteiger partial charge in [-0.2, -0.15) is 0 Å². The number of hydrogen-bond donors (Lipinski definition) is 0. The molecule has 1 aromatic heterocycles. The highest BCUT2D eigenvalue weighted by molar-refractivity contribution is 6.16. The van der Waals surface area contributed by atoms with E-state index in [0.29, 0.717) is 0 Å². The molecule has 0 aliphatic heterocycles. The molecule has 0 aliphatic rings. The summed E-state index contributed by atoms with van der Waals surface area (Å²) in [6.45, 7) is 0. The summed E-state index contributed by atoms with van der Waals surface area (Å²) in [7, 11) is 0. The van der Waals surface area contributed by atoms with Crippen molar-refractivity contribution in [2.45, 2.75) is 0 Å². The number of nitrogens with zero attached hydrogens (tertiary/aromatic N) is 2. The third kappa shape index (κ3) is 7.31. The number of benzene rings is 12. The van der Waals surface area contributed by atoms with E-state index in [1.165, 1.54) is 87.9 Å². The van der Waals surface area contributed by atoms with E-state index in [1.807, 2.05) is 0 Å². The molecule has 328 valence electrons. The number of para-hydroxylation sites is 2. The number of aromatic nitrogens is 1. The third-order valence-corrected chi connectivity index (χ3v) is 13.9. The fraction of sp³-hybridized carbons (Fsp3) is 0. The van der Waals surface area contributed by atoms with Crippen LogP contribution >= 0.6 is 0 Å². The fourth-order valence-corrected chi connectivity index (χ4v) is 10.6. The molecule has 1 heterocycles. The normalized spacial score (nSPS) is 11.4. The van der Waals surface area contributed by atoms with Crippen molar-refractivity contribution in [3.63, 3.8) is 0 Å². The van der Waals surface area contributed by atoms with Crippen LogP contribution in [0.4, 0.5) is 17.1 Å². The van der Waals surface area contributed by atoms with Crippen LogP contribution in [-0.4, -0.2) is 4.57 Å². The molecule has 13 aromatic rings. The third-order valence-electron chi connectivity index (χ3n) is 13.9. The highest BCUT2D eigenvalue weighted by Gasteiger charge is 2.19. The van der Waals surface area contributed by atoms with Gasteiger partial charge in [0, 0.05) is 33.5 Å². The van der Waals surface area contributed by atoms with Crippen molar-refractivity contribution in [1.29, 1.82) is 0 Å². The SMILES string of the molecule is c1ccc(-c2cc(-c3ccccc3)cc(-c3ccc(N(c4ccc(-c5cc6ccccc6c6ccccc56)cc4)c4cccc(-c5cccc6c5c5ccccc5n6-c5ccccc5)c4)cc3)c2)cc1. The predicted molar refractivity (Wildman–Crippen MR) is 298 cm³/mol. The Morgan fingerprint density at radius 3 is 1.39 bits per heavy atom. The van der Waals surface area contributed by atoms with Gasteiger partial charge < -0.3 is 9.47 Å². The standard InChI is InChI=1S/C68H46N2/c1-4-18-47(19-5-1)53-42-54(48-20-6-2-7-21-48)44-55(43-53)49-34-38-57(39-35-49)69(58-40-36-50(37-41-58)65-46-52-22-10-11-27-60(52)62-28-12-13-29-63(62)65)59-26-16-23-51(45-59)61-31-17-33-67-68(61)64-30-14-15-32-66(64)70(67)56-24-8-3-9-25-56/h1-46H. The van der Waals surface area contributed by atoms with E-state index in [9.17, 15) is 0 Å². The zero-order valence-corrected chi connectivity index (χ0v) is 38.5. The molecule has 0 saturated heterocycles. The van der Waals surface area contributed by atoms with Gasteiger partial charge in [0.1, 0.15) is 0 Å². The largest absolute Gasteiger partial charge is 0.310 e. The summed E-state index contributed by atoms with van der Waals surface area (Å²) < 4.78 is 2.39. The first-order valence-corrected chi connectivity index (χ1v) is 24.1. The van der Waals surface area contributed by atoms with Gasteiger partial charge in [0.2, 0.25) is 0 Å². The first kappa shape index (κ1) is 41.0. The van der Waals surface area contributed by atoms with Gasteiger partial charge in [-0.05, 0) is 162 Å². The summed E-state index contributed by atoms with van der Waals surface area (Å²) in [4.78, 5) is 2.40. The van der Waals surface area contributed by atoms with Crippen molar-refractivity contribution in [3.8, 4) is 61.3 Å². The lowest BCUT2D eigenvalue weighted by molar-refractivity contribution is 1.18. The number of fused-ring (bicyclic) bond motifs is 6. The van der Waals surface area contributed by atoms with Gasteiger partial charge in [0.15, 0.2) is 0 Å². The average molecular weight is 891 g/mol. The summed E-state index contributed by atoms with van der Waals surface area (Å²) in [5, 5.41) is 7.52. The summed E-state index contributed by atoms with van der Waals surface area (Å²) in [5.74, 6) is 0. The molecule has 0 spiro atoms. The average Bonchev–Trinajstić information content (AvgIpc) is 3.79. The van der Waals surface area contributed by atoms with Crippen molar-refractivity contribution in [2.24, 2.45) is 0 Å². The summed E-state index contributed by atoms with van der Waals surface area (Å²) in [6, 6.07) is 102. The maximum absolute atomic E-state index is 2.40. The molecule has 0 aliphatic carbocycles. The van der Waals surface area contributed by atoms with Crippen LogP contribution in [0.2, 0.25) is 0 Å². The molecule has 0 amide bonds. The monoisotopic (exact) mass is 890 g/mol. The van der Waals surface area contributed by atoms with E-state index in [1.54, 1.807) is 0 Å². The zero-order chi connectivity index (χ0) is 46.4. The van der Waals surface area contributed by atoms with Crippen LogP contribution in [0.25, 0.3) is 105 Å². The van der Waals surface area contributed by atoms with Gasteiger partial charge in [-0.25, -0.2) is 0 Å². The van der Waals surface area contributed by atoms with Crippen LogP contribution in [0.3, 0.4) is 0 Å². The number of hydrogen-bond acceptors (Lipinski definition) is 1. The molecule has 0 unspecified atom stereocenters. The van der Waals surface area contributed by atoms with E-state index in [0.717, 1.165) is 33.9 Å². The maximum atomic E-state index is 2.40. The topological polar surface area (TPSA) is 8.17 Å². The Hall–Kier alpha value is -9.24. The minimum absolute atomic E-state index is 1.08. The van der Waals surface area contributed by atoms with Crippen molar-refractivity contribution in [1.82, 2.24) is 4.57 Å². The second-order valence-corrected chi connectivity index (χ2v) is 18.1. The minimum atomic E-state index is 1.08. The van der Waals surface area contributed by atoms with Crippen LogP contribution in [0.5, 0.6) is 0 Å². The molecule has 0 fully saturated rings. The maximum Gasteiger partial charge on any atom is 0.0547 e. The van der Waals surface area contributed by atoms with E-state index in [2.05, 4.69) is 289 Å². The molecule has 13 rings (SSSR count). The van der Waals surface area contributed by atoms with Gasteiger partial charge in [-0.15, -0.1) is 0 Å². The molecule has 0 N–H and O–H groups in total. The Balaban J connectivity index is 0.954. The second-order valence-electron chi connectivity index (χ2n) is 18.1. The molecule has 70 heavy (non-hydrogen) atoms. The highest BCUT2D eigenvalue weighted by Crippen LogP contribution is 2.44. The molecule has 2 nitrogen and oxygen atoms in total. The van der Waals surface area contributed by atoms with Gasteiger partial charge in [0.25, 0.3) is 0 Å². The van der Waals surface area contributed by atoms with Gasteiger partial charge in [0.05, 0.1) is 11.0 Å². The van der Waals surface area contributed by atoms with E-state index in [-0.39, 0.29) is 0 Å². The molecular formula is C68H46N2. The molecular weight excluding hydrogens is 845 g/mol. The van der Waals surface area contributed by atoms with E-state index >= 15 is 0 Å². The second kappa shape index (κ2) is 17.4. The van der Waals surface area contributed by atoms with Crippen molar-refractivity contribution in [3.05, 3.63) is 279 Å². The lowest BCUT2D eigenvalue weighted by Gasteiger charge is -2.27. The van der Waals surface area contributed by atoms with Crippen LogP contribution in [0, 0.1) is 0 Å². The highest BCUT2D eigenvalue weighted by atomic mass is 15.1. The predicted octanol–water partition coefficient (Wildman–Crippen LogP) is 18.9. The smallest absolute Gasteiger partial charge is 0.0547 e. The quantitative estimate of drug-likeness (QED) is 0.131. The summed E-state index contributed by atoms with van der Waals surface area (Å²) in [6.07, 6.45) is 0. The van der Waals surface area contributed by atoms with Crippen LogP contribution < -0.4 is 4.90 Å². The first-order valence-electron chi connectivity index (χ1n) is 24.1. The molecule has 12 aromatic carbocycles. The fourth-order valence-electron chi connectivity index (χ4n) is 10.6.